The molecular weight excluding hydrogens is 238 g/mol. The van der Waals surface area contributed by atoms with Crippen LogP contribution in [0.25, 0.3) is 5.65 Å². The van der Waals surface area contributed by atoms with Gasteiger partial charge in [0.15, 0.2) is 11.5 Å². The van der Waals surface area contributed by atoms with Gasteiger partial charge in [0.25, 0.3) is 0 Å². The van der Waals surface area contributed by atoms with Crippen molar-refractivity contribution in [1.29, 1.82) is 0 Å². The molecule has 0 aromatic carbocycles. The molecule has 0 amide bonds. The van der Waals surface area contributed by atoms with E-state index in [1.54, 1.807) is 28.2 Å². The van der Waals surface area contributed by atoms with Crippen molar-refractivity contribution in [3.63, 3.8) is 0 Å². The molecule has 0 aliphatic rings. The Morgan fingerprint density at radius 3 is 3.18 bits per heavy atom. The molecule has 0 atom stereocenters. The zero-order chi connectivity index (χ0) is 11.7. The smallest absolute Gasteiger partial charge is 0.199 e. The van der Waals surface area contributed by atoms with E-state index in [0.29, 0.717) is 12.2 Å². The van der Waals surface area contributed by atoms with Gasteiger partial charge in [0.05, 0.1) is 18.9 Å². The highest BCUT2D eigenvalue weighted by Crippen LogP contribution is 2.12. The Bertz CT molecular complexity index is 643. The second kappa shape index (κ2) is 4.06. The van der Waals surface area contributed by atoms with Crippen LogP contribution in [0.1, 0.15) is 10.7 Å². The number of rotatable bonds is 3. The molecule has 86 valence electrons. The standard InChI is InChI=1S/C9H9N7S/c1-6-5-17-9(12-6)4-11-7-2-10-3-8-13-14-15-16(7)8/h2-3,5,11H,4H2,1H3. The van der Waals surface area contributed by atoms with Gasteiger partial charge >= 0.3 is 0 Å². The first kappa shape index (κ1) is 10.1. The third kappa shape index (κ3) is 1.94. The first-order valence-electron chi connectivity index (χ1n) is 5.00. The second-order valence-corrected chi connectivity index (χ2v) is 4.42. The third-order valence-corrected chi connectivity index (χ3v) is 3.16. The van der Waals surface area contributed by atoms with Gasteiger partial charge in [0.1, 0.15) is 5.01 Å². The van der Waals surface area contributed by atoms with Crippen molar-refractivity contribution >= 4 is 22.8 Å². The van der Waals surface area contributed by atoms with Gasteiger partial charge in [0.2, 0.25) is 0 Å². The Hall–Kier alpha value is -2.09. The molecule has 8 heteroatoms. The van der Waals surface area contributed by atoms with Crippen molar-refractivity contribution in [1.82, 2.24) is 30.0 Å². The first-order chi connectivity index (χ1) is 8.33. The minimum absolute atomic E-state index is 0.616. The molecule has 7 nitrogen and oxygen atoms in total. The minimum Gasteiger partial charge on any atom is -0.362 e. The maximum Gasteiger partial charge on any atom is 0.199 e. The summed E-state index contributed by atoms with van der Waals surface area (Å²) in [6.07, 6.45) is 3.29. The lowest BCUT2D eigenvalue weighted by Crippen LogP contribution is -2.05. The van der Waals surface area contributed by atoms with Crippen LogP contribution >= 0.6 is 11.3 Å². The molecule has 0 saturated carbocycles. The van der Waals surface area contributed by atoms with Gasteiger partial charge in [-0.25, -0.2) is 4.98 Å². The average molecular weight is 247 g/mol. The Kier molecular flexibility index (Phi) is 2.41. The fourth-order valence-electron chi connectivity index (χ4n) is 1.45. The highest BCUT2D eigenvalue weighted by molar-refractivity contribution is 7.09. The predicted molar refractivity (Wildman–Crippen MR) is 62.8 cm³/mol. The van der Waals surface area contributed by atoms with Crippen LogP contribution in [-0.4, -0.2) is 30.0 Å². The highest BCUT2D eigenvalue weighted by atomic mass is 32.1. The van der Waals surface area contributed by atoms with E-state index in [0.717, 1.165) is 16.5 Å². The van der Waals surface area contributed by atoms with Crippen LogP contribution in [0.15, 0.2) is 17.8 Å². The lowest BCUT2D eigenvalue weighted by atomic mass is 10.5. The molecular formula is C9H9N7S. The molecule has 3 aromatic rings. The minimum atomic E-state index is 0.616. The number of fused-ring (bicyclic) bond motifs is 1. The van der Waals surface area contributed by atoms with Gasteiger partial charge in [-0.05, 0) is 17.4 Å². The number of aryl methyl sites for hydroxylation is 1. The van der Waals surface area contributed by atoms with Crippen molar-refractivity contribution < 1.29 is 0 Å². The summed E-state index contributed by atoms with van der Waals surface area (Å²) in [5.41, 5.74) is 1.65. The lowest BCUT2D eigenvalue weighted by Gasteiger charge is -2.04. The molecule has 3 heterocycles. The number of anilines is 1. The maximum atomic E-state index is 4.37. The molecule has 0 bridgehead atoms. The molecule has 17 heavy (non-hydrogen) atoms. The van der Waals surface area contributed by atoms with Gasteiger partial charge in [-0.15, -0.1) is 16.4 Å². The van der Waals surface area contributed by atoms with Crippen LogP contribution in [0.4, 0.5) is 5.82 Å². The number of hydrogen-bond acceptors (Lipinski definition) is 7. The monoisotopic (exact) mass is 247 g/mol. The molecule has 0 aliphatic carbocycles. The number of aromatic nitrogens is 6. The largest absolute Gasteiger partial charge is 0.362 e. The molecule has 3 aromatic heterocycles. The van der Waals surface area contributed by atoms with Crippen LogP contribution in [0.2, 0.25) is 0 Å². The van der Waals surface area contributed by atoms with Crippen molar-refractivity contribution in [2.24, 2.45) is 0 Å². The maximum absolute atomic E-state index is 4.37. The zero-order valence-electron chi connectivity index (χ0n) is 9.03. The third-order valence-electron chi connectivity index (χ3n) is 2.20. The Labute approximate surface area is 101 Å². The fourth-order valence-corrected chi connectivity index (χ4v) is 2.16. The van der Waals surface area contributed by atoms with E-state index in [1.165, 1.54) is 0 Å². The van der Waals surface area contributed by atoms with Crippen LogP contribution in [-0.2, 0) is 6.54 Å². The lowest BCUT2D eigenvalue weighted by molar-refractivity contribution is 0.819. The van der Waals surface area contributed by atoms with E-state index in [1.807, 2.05) is 12.3 Å². The van der Waals surface area contributed by atoms with Crippen molar-refractivity contribution in [3.8, 4) is 0 Å². The Morgan fingerprint density at radius 2 is 2.35 bits per heavy atom. The second-order valence-electron chi connectivity index (χ2n) is 3.48. The number of tetrazole rings is 1. The van der Waals surface area contributed by atoms with E-state index in [2.05, 4.69) is 30.8 Å². The summed E-state index contributed by atoms with van der Waals surface area (Å²) >= 11 is 1.62. The quantitative estimate of drug-likeness (QED) is 0.740. The average Bonchev–Trinajstić information content (AvgIpc) is 2.94. The van der Waals surface area contributed by atoms with Crippen molar-refractivity contribution in [3.05, 3.63) is 28.5 Å². The SMILES string of the molecule is Cc1csc(CNc2cncc3nnnn23)n1. The fraction of sp³-hybridized carbons (Fsp3) is 0.222. The molecule has 0 aliphatic heterocycles. The normalized spacial score (nSPS) is 10.9. The van der Waals surface area contributed by atoms with Gasteiger partial charge in [0, 0.05) is 11.1 Å². The van der Waals surface area contributed by atoms with Gasteiger partial charge < -0.3 is 5.32 Å². The zero-order valence-corrected chi connectivity index (χ0v) is 9.85. The molecule has 0 radical (unpaired) electrons. The topological polar surface area (TPSA) is 80.9 Å². The van der Waals surface area contributed by atoms with E-state index in [-0.39, 0.29) is 0 Å². The van der Waals surface area contributed by atoms with Gasteiger partial charge in [-0.2, -0.15) is 4.52 Å². The summed E-state index contributed by atoms with van der Waals surface area (Å²) in [5.74, 6) is 0.750. The number of thiazole rings is 1. The molecule has 3 rings (SSSR count). The van der Waals surface area contributed by atoms with Gasteiger partial charge in [-0.3, -0.25) is 4.98 Å². The number of nitrogens with zero attached hydrogens (tertiary/aromatic N) is 6. The van der Waals surface area contributed by atoms with Crippen molar-refractivity contribution in [2.45, 2.75) is 13.5 Å². The molecule has 0 fully saturated rings. The summed E-state index contributed by atoms with van der Waals surface area (Å²) in [6, 6.07) is 0. The van der Waals surface area contributed by atoms with E-state index >= 15 is 0 Å². The number of nitrogens with one attached hydrogen (secondary N) is 1. The van der Waals surface area contributed by atoms with E-state index < -0.39 is 0 Å². The molecule has 0 spiro atoms. The van der Waals surface area contributed by atoms with Crippen LogP contribution in [0, 0.1) is 6.92 Å². The molecule has 1 N–H and O–H groups in total. The van der Waals surface area contributed by atoms with Crippen LogP contribution in [0.5, 0.6) is 0 Å². The van der Waals surface area contributed by atoms with Crippen LogP contribution in [0.3, 0.4) is 0 Å². The van der Waals surface area contributed by atoms with Crippen molar-refractivity contribution in [2.75, 3.05) is 5.32 Å². The molecule has 0 unspecified atom stereocenters. The first-order valence-corrected chi connectivity index (χ1v) is 5.88. The summed E-state index contributed by atoms with van der Waals surface area (Å²) in [7, 11) is 0. The highest BCUT2D eigenvalue weighted by Gasteiger charge is 2.04. The van der Waals surface area contributed by atoms with E-state index in [9.17, 15) is 0 Å². The summed E-state index contributed by atoms with van der Waals surface area (Å²) in [5, 5.41) is 17.5. The van der Waals surface area contributed by atoms with E-state index in [4.69, 9.17) is 0 Å². The Balaban J connectivity index is 1.83. The predicted octanol–water partition coefficient (Wildman–Crippen LogP) is 0.896. The summed E-state index contributed by atoms with van der Waals surface area (Å²) in [6.45, 7) is 2.61. The van der Waals surface area contributed by atoms with Gasteiger partial charge in [-0.1, -0.05) is 0 Å². The molecule has 0 saturated heterocycles. The summed E-state index contributed by atoms with van der Waals surface area (Å²) < 4.78 is 1.60. The Morgan fingerprint density at radius 1 is 1.41 bits per heavy atom. The number of hydrogen-bond donors (Lipinski definition) is 1. The summed E-state index contributed by atoms with van der Waals surface area (Å²) in [4.78, 5) is 8.43. The van der Waals surface area contributed by atoms with Crippen LogP contribution < -0.4 is 5.32 Å².